The van der Waals surface area contributed by atoms with Gasteiger partial charge in [0.05, 0.1) is 11.8 Å². The zero-order valence-corrected chi connectivity index (χ0v) is 10.2. The van der Waals surface area contributed by atoms with Crippen LogP contribution in [0.2, 0.25) is 0 Å². The molecule has 0 spiro atoms. The topological polar surface area (TPSA) is 58.6 Å². The first kappa shape index (κ1) is 11.5. The maximum absolute atomic E-state index is 11.5. The summed E-state index contributed by atoms with van der Waals surface area (Å²) in [6.45, 7) is 0.772. The summed E-state index contributed by atoms with van der Waals surface area (Å²) < 4.78 is 5.77. The lowest BCUT2D eigenvalue weighted by Gasteiger charge is -2.28. The number of hydrogen-bond acceptors (Lipinski definition) is 3. The largest absolute Gasteiger partial charge is 0.508 e. The van der Waals surface area contributed by atoms with Crippen LogP contribution in [0.1, 0.15) is 42.9 Å². The molecule has 0 radical (unpaired) electrons. The predicted molar refractivity (Wildman–Crippen MR) is 67.6 cm³/mol. The highest BCUT2D eigenvalue weighted by atomic mass is 16.5. The molecule has 1 aromatic rings. The van der Waals surface area contributed by atoms with E-state index in [1.807, 2.05) is 6.07 Å². The van der Waals surface area contributed by atoms with E-state index in [1.54, 1.807) is 6.07 Å². The smallest absolute Gasteiger partial charge is 0.224 e. The number of aromatic hydroxyl groups is 1. The summed E-state index contributed by atoms with van der Waals surface area (Å²) in [4.78, 5) is 11.5. The van der Waals surface area contributed by atoms with Crippen molar-refractivity contribution >= 4 is 11.6 Å². The van der Waals surface area contributed by atoms with E-state index in [0.29, 0.717) is 12.8 Å². The van der Waals surface area contributed by atoms with Crippen molar-refractivity contribution in [2.75, 3.05) is 11.9 Å². The van der Waals surface area contributed by atoms with Gasteiger partial charge in [0, 0.05) is 24.2 Å². The molecule has 4 heteroatoms. The van der Waals surface area contributed by atoms with Gasteiger partial charge in [-0.1, -0.05) is 6.07 Å². The molecule has 96 valence electrons. The van der Waals surface area contributed by atoms with Crippen molar-refractivity contribution in [3.63, 3.8) is 0 Å². The van der Waals surface area contributed by atoms with E-state index in [9.17, 15) is 9.90 Å². The second-order valence-electron chi connectivity index (χ2n) is 4.93. The van der Waals surface area contributed by atoms with Gasteiger partial charge in [0.25, 0.3) is 0 Å². The average molecular weight is 247 g/mol. The quantitative estimate of drug-likeness (QED) is 0.801. The zero-order chi connectivity index (χ0) is 12.5. The number of phenolic OH excluding ortho intramolecular Hbond substituents is 1. The summed E-state index contributed by atoms with van der Waals surface area (Å²) in [6.07, 6.45) is 4.32. The molecule has 1 atom stereocenters. The van der Waals surface area contributed by atoms with Crippen LogP contribution >= 0.6 is 0 Å². The third-order valence-electron chi connectivity index (χ3n) is 3.71. The van der Waals surface area contributed by atoms with Crippen LogP contribution < -0.4 is 5.32 Å². The fraction of sp³-hybridized carbons (Fsp3) is 0.500. The van der Waals surface area contributed by atoms with Crippen molar-refractivity contribution in [3.8, 4) is 5.75 Å². The normalized spacial score (nSPS) is 23.3. The Bertz CT molecular complexity index is 478. The Morgan fingerprint density at radius 2 is 2.17 bits per heavy atom. The average Bonchev–Trinajstić information content (AvgIpc) is 2.40. The number of fused-ring (bicyclic) bond motifs is 1. The van der Waals surface area contributed by atoms with Crippen LogP contribution in [0.15, 0.2) is 12.1 Å². The number of hydrogen-bond donors (Lipinski definition) is 2. The van der Waals surface area contributed by atoms with Gasteiger partial charge in [-0.05, 0) is 31.7 Å². The van der Waals surface area contributed by atoms with Crippen LogP contribution in [0.5, 0.6) is 5.75 Å². The van der Waals surface area contributed by atoms with Crippen LogP contribution in [0, 0.1) is 0 Å². The fourth-order valence-electron chi connectivity index (χ4n) is 2.75. The second kappa shape index (κ2) is 4.61. The van der Waals surface area contributed by atoms with E-state index in [-0.39, 0.29) is 17.8 Å². The van der Waals surface area contributed by atoms with E-state index >= 15 is 0 Å². The summed E-state index contributed by atoms with van der Waals surface area (Å²) in [7, 11) is 0. The molecule has 1 amide bonds. The van der Waals surface area contributed by atoms with Crippen LogP contribution in [-0.4, -0.2) is 17.6 Å². The lowest BCUT2D eigenvalue weighted by Crippen LogP contribution is -2.22. The Balaban J connectivity index is 2.01. The van der Waals surface area contributed by atoms with E-state index in [1.165, 1.54) is 0 Å². The highest BCUT2D eigenvalue weighted by Crippen LogP contribution is 2.40. The number of rotatable bonds is 1. The number of ether oxygens (including phenoxy) is 1. The van der Waals surface area contributed by atoms with E-state index in [0.717, 1.165) is 42.7 Å². The van der Waals surface area contributed by atoms with Gasteiger partial charge in [0.2, 0.25) is 5.91 Å². The van der Waals surface area contributed by atoms with Gasteiger partial charge in [-0.3, -0.25) is 4.79 Å². The van der Waals surface area contributed by atoms with Gasteiger partial charge in [-0.2, -0.15) is 0 Å². The van der Waals surface area contributed by atoms with Crippen LogP contribution in [0.25, 0.3) is 0 Å². The molecular formula is C14H17NO3. The summed E-state index contributed by atoms with van der Waals surface area (Å²) >= 11 is 0. The molecule has 2 N–H and O–H groups in total. The summed E-state index contributed by atoms with van der Waals surface area (Å²) in [6, 6.07) is 3.58. The van der Waals surface area contributed by atoms with Crippen LogP contribution in [0.3, 0.4) is 0 Å². The molecule has 18 heavy (non-hydrogen) atoms. The zero-order valence-electron chi connectivity index (χ0n) is 10.2. The molecule has 0 bridgehead atoms. The Labute approximate surface area is 106 Å². The Morgan fingerprint density at radius 1 is 1.28 bits per heavy atom. The van der Waals surface area contributed by atoms with Crippen LogP contribution in [-0.2, 0) is 16.0 Å². The van der Waals surface area contributed by atoms with Gasteiger partial charge in [-0.15, -0.1) is 0 Å². The molecule has 2 aliphatic rings. The summed E-state index contributed by atoms with van der Waals surface area (Å²) in [5, 5.41) is 12.8. The second-order valence-corrected chi connectivity index (χ2v) is 4.93. The van der Waals surface area contributed by atoms with Crippen LogP contribution in [0.4, 0.5) is 5.69 Å². The van der Waals surface area contributed by atoms with E-state index in [4.69, 9.17) is 4.74 Å². The summed E-state index contributed by atoms with van der Waals surface area (Å²) in [5.41, 5.74) is 2.63. The van der Waals surface area contributed by atoms with Gasteiger partial charge in [0.1, 0.15) is 5.75 Å². The highest BCUT2D eigenvalue weighted by Gasteiger charge is 2.26. The standard InChI is InChI=1S/C14H17NO3/c16-11-6-4-10(12-3-1-2-8-18-12)14-9(11)5-7-13(17)15-14/h4,6,12,16H,1-3,5,7-8H2,(H,15,17). The van der Waals surface area contributed by atoms with Crippen molar-refractivity contribution < 1.29 is 14.6 Å². The third kappa shape index (κ3) is 1.97. The molecule has 0 aromatic heterocycles. The lowest BCUT2D eigenvalue weighted by molar-refractivity contribution is -0.116. The monoisotopic (exact) mass is 247 g/mol. The Hall–Kier alpha value is -1.55. The number of nitrogens with one attached hydrogen (secondary N) is 1. The molecule has 3 rings (SSSR count). The molecule has 4 nitrogen and oxygen atoms in total. The summed E-state index contributed by atoms with van der Waals surface area (Å²) in [5.74, 6) is 0.287. The van der Waals surface area contributed by atoms with E-state index < -0.39 is 0 Å². The molecule has 0 aliphatic carbocycles. The predicted octanol–water partition coefficient (Wildman–Crippen LogP) is 2.52. The molecule has 1 aromatic carbocycles. The minimum Gasteiger partial charge on any atom is -0.508 e. The number of amides is 1. The lowest BCUT2D eigenvalue weighted by atomic mass is 9.93. The Morgan fingerprint density at radius 3 is 2.94 bits per heavy atom. The maximum Gasteiger partial charge on any atom is 0.224 e. The number of carbonyl (C=O) groups excluding carboxylic acids is 1. The van der Waals surface area contributed by atoms with E-state index in [2.05, 4.69) is 5.32 Å². The van der Waals surface area contributed by atoms with Gasteiger partial charge < -0.3 is 15.2 Å². The molecule has 2 aliphatic heterocycles. The molecule has 1 unspecified atom stereocenters. The van der Waals surface area contributed by atoms with Crippen molar-refractivity contribution in [1.29, 1.82) is 0 Å². The maximum atomic E-state index is 11.5. The van der Waals surface area contributed by atoms with Gasteiger partial charge >= 0.3 is 0 Å². The van der Waals surface area contributed by atoms with Crippen molar-refractivity contribution in [2.45, 2.75) is 38.2 Å². The molecule has 2 heterocycles. The molecular weight excluding hydrogens is 230 g/mol. The highest BCUT2D eigenvalue weighted by molar-refractivity contribution is 5.95. The molecule has 1 saturated heterocycles. The minimum atomic E-state index is 0.0187. The van der Waals surface area contributed by atoms with Gasteiger partial charge in [-0.25, -0.2) is 0 Å². The SMILES string of the molecule is O=C1CCc2c(O)ccc(C3CCCCO3)c2N1. The van der Waals surface area contributed by atoms with Crippen molar-refractivity contribution in [3.05, 3.63) is 23.3 Å². The first-order valence-corrected chi connectivity index (χ1v) is 6.52. The fourth-order valence-corrected chi connectivity index (χ4v) is 2.75. The molecule has 0 saturated carbocycles. The first-order valence-electron chi connectivity index (χ1n) is 6.52. The first-order chi connectivity index (χ1) is 8.75. The Kier molecular flexibility index (Phi) is 2.96. The third-order valence-corrected chi connectivity index (χ3v) is 3.71. The molecule has 1 fully saturated rings. The number of phenols is 1. The number of anilines is 1. The van der Waals surface area contributed by atoms with Crippen molar-refractivity contribution in [1.82, 2.24) is 0 Å². The number of carbonyl (C=O) groups is 1. The minimum absolute atomic E-state index is 0.0187. The van der Waals surface area contributed by atoms with Gasteiger partial charge in [0.15, 0.2) is 0 Å². The van der Waals surface area contributed by atoms with Crippen molar-refractivity contribution in [2.24, 2.45) is 0 Å². The number of benzene rings is 1.